The lowest BCUT2D eigenvalue weighted by molar-refractivity contribution is -0.121. The van der Waals surface area contributed by atoms with Crippen molar-refractivity contribution in [3.05, 3.63) is 54.1 Å². The lowest BCUT2D eigenvalue weighted by Crippen LogP contribution is -2.28. The molecular formula is C15H16N2OS2. The average molecular weight is 304 g/mol. The van der Waals surface area contributed by atoms with Gasteiger partial charge in [0.2, 0.25) is 0 Å². The van der Waals surface area contributed by atoms with Crippen LogP contribution in [0.3, 0.4) is 0 Å². The zero-order valence-corrected chi connectivity index (χ0v) is 12.9. The zero-order valence-electron chi connectivity index (χ0n) is 11.3. The van der Waals surface area contributed by atoms with Crippen LogP contribution in [0.25, 0.3) is 0 Å². The highest BCUT2D eigenvalue weighted by Gasteiger charge is 2.31. The molecule has 1 heterocycles. The Bertz CT molecular complexity index is 554. The largest absolute Gasteiger partial charge is 0.347 e. The molecule has 0 atom stereocenters. The number of amides is 1. The van der Waals surface area contributed by atoms with Gasteiger partial charge in [0.25, 0.3) is 5.91 Å². The third kappa shape index (κ3) is 3.11. The monoisotopic (exact) mass is 304 g/mol. The summed E-state index contributed by atoms with van der Waals surface area (Å²) in [6, 6.07) is 9.97. The Labute approximate surface area is 128 Å². The summed E-state index contributed by atoms with van der Waals surface area (Å²) in [4.78, 5) is 16.5. The van der Waals surface area contributed by atoms with Crippen LogP contribution in [0.5, 0.6) is 0 Å². The third-order valence-corrected chi connectivity index (χ3v) is 4.25. The number of thioether (sulfide) groups is 1. The van der Waals surface area contributed by atoms with E-state index in [1.54, 1.807) is 11.0 Å². The number of hydrogen-bond donors (Lipinski definition) is 0. The van der Waals surface area contributed by atoms with Crippen molar-refractivity contribution in [3.63, 3.8) is 0 Å². The van der Waals surface area contributed by atoms with Crippen LogP contribution in [0.15, 0.2) is 54.1 Å². The highest BCUT2D eigenvalue weighted by atomic mass is 32.2. The van der Waals surface area contributed by atoms with Gasteiger partial charge in [-0.05, 0) is 19.1 Å². The molecule has 0 aromatic heterocycles. The Kier molecular flexibility index (Phi) is 4.98. The molecule has 1 aliphatic heterocycles. The third-order valence-electron chi connectivity index (χ3n) is 2.89. The van der Waals surface area contributed by atoms with Crippen molar-refractivity contribution in [3.8, 4) is 0 Å². The Morgan fingerprint density at radius 3 is 2.70 bits per heavy atom. The highest BCUT2D eigenvalue weighted by Crippen LogP contribution is 2.31. The molecule has 0 aliphatic carbocycles. The van der Waals surface area contributed by atoms with Gasteiger partial charge in [-0.3, -0.25) is 9.69 Å². The Balaban J connectivity index is 2.24. The van der Waals surface area contributed by atoms with Gasteiger partial charge in [0, 0.05) is 25.0 Å². The lowest BCUT2D eigenvalue weighted by Gasteiger charge is -2.18. The van der Waals surface area contributed by atoms with Gasteiger partial charge >= 0.3 is 0 Å². The predicted molar refractivity (Wildman–Crippen MR) is 89.6 cm³/mol. The summed E-state index contributed by atoms with van der Waals surface area (Å²) in [6.45, 7) is 6.94. The number of thiocarbonyl (C=S) groups is 1. The number of rotatable bonds is 5. The van der Waals surface area contributed by atoms with Crippen LogP contribution < -0.4 is 4.90 Å². The fourth-order valence-corrected chi connectivity index (χ4v) is 3.15. The number of para-hydroxylation sites is 1. The molecule has 1 aromatic rings. The van der Waals surface area contributed by atoms with E-state index in [9.17, 15) is 4.79 Å². The molecule has 0 spiro atoms. The molecule has 0 N–H and O–H groups in total. The SMILES string of the molecule is C=CCN1C(=O)/C(=C/N(CC)c2ccccc2)SC1=S. The first-order valence-corrected chi connectivity index (χ1v) is 7.58. The van der Waals surface area contributed by atoms with E-state index >= 15 is 0 Å². The first-order valence-electron chi connectivity index (χ1n) is 6.35. The molecule has 0 saturated carbocycles. The standard InChI is InChI=1S/C15H16N2OS2/c1-3-10-17-14(18)13(20-15(17)19)11-16(4-2)12-8-6-5-7-9-12/h3,5-9,11H,1,4,10H2,2H3/b13-11-. The predicted octanol–water partition coefficient (Wildman–Crippen LogP) is 3.40. The maximum Gasteiger partial charge on any atom is 0.267 e. The van der Waals surface area contributed by atoms with Crippen molar-refractivity contribution in [1.29, 1.82) is 0 Å². The summed E-state index contributed by atoms with van der Waals surface area (Å²) in [7, 11) is 0. The number of carbonyl (C=O) groups is 1. The maximum absolute atomic E-state index is 12.3. The van der Waals surface area contributed by atoms with Gasteiger partial charge in [0.1, 0.15) is 4.32 Å². The molecule has 2 rings (SSSR count). The van der Waals surface area contributed by atoms with Crippen molar-refractivity contribution in [2.45, 2.75) is 6.92 Å². The van der Waals surface area contributed by atoms with Gasteiger partial charge in [-0.15, -0.1) is 6.58 Å². The van der Waals surface area contributed by atoms with E-state index in [2.05, 4.69) is 6.58 Å². The van der Waals surface area contributed by atoms with Gasteiger partial charge < -0.3 is 4.90 Å². The summed E-state index contributed by atoms with van der Waals surface area (Å²) in [6.07, 6.45) is 3.56. The van der Waals surface area contributed by atoms with E-state index in [0.29, 0.717) is 15.8 Å². The molecule has 1 aliphatic rings. The average Bonchev–Trinajstić information content (AvgIpc) is 2.73. The second kappa shape index (κ2) is 6.72. The topological polar surface area (TPSA) is 23.6 Å². The quantitative estimate of drug-likeness (QED) is 0.472. The van der Waals surface area contributed by atoms with Crippen molar-refractivity contribution in [2.75, 3.05) is 18.0 Å². The number of benzene rings is 1. The summed E-state index contributed by atoms with van der Waals surface area (Å²) in [5, 5.41) is 0. The van der Waals surface area contributed by atoms with Crippen molar-refractivity contribution in [2.24, 2.45) is 0 Å². The lowest BCUT2D eigenvalue weighted by atomic mass is 10.3. The minimum absolute atomic E-state index is 0.0470. The summed E-state index contributed by atoms with van der Waals surface area (Å²) in [5.74, 6) is -0.0470. The first kappa shape index (κ1) is 14.8. The van der Waals surface area contributed by atoms with Crippen LogP contribution >= 0.6 is 24.0 Å². The van der Waals surface area contributed by atoms with E-state index in [4.69, 9.17) is 12.2 Å². The molecule has 20 heavy (non-hydrogen) atoms. The minimum Gasteiger partial charge on any atom is -0.347 e. The van der Waals surface area contributed by atoms with E-state index in [-0.39, 0.29) is 5.91 Å². The Morgan fingerprint density at radius 1 is 1.40 bits per heavy atom. The normalized spacial score (nSPS) is 16.9. The number of carbonyl (C=O) groups excluding carboxylic acids is 1. The van der Waals surface area contributed by atoms with Gasteiger partial charge in [0.15, 0.2) is 0 Å². The van der Waals surface area contributed by atoms with Gasteiger partial charge in [-0.25, -0.2) is 0 Å². The second-order valence-corrected chi connectivity index (χ2v) is 5.86. The Morgan fingerprint density at radius 2 is 2.10 bits per heavy atom. The molecule has 104 valence electrons. The van der Waals surface area contributed by atoms with Crippen LogP contribution in [0.2, 0.25) is 0 Å². The molecule has 0 radical (unpaired) electrons. The van der Waals surface area contributed by atoms with Crippen molar-refractivity contribution < 1.29 is 4.79 Å². The second-order valence-electron chi connectivity index (χ2n) is 4.19. The molecule has 1 amide bonds. The molecular weight excluding hydrogens is 288 g/mol. The molecule has 0 bridgehead atoms. The summed E-state index contributed by atoms with van der Waals surface area (Å²) >= 11 is 6.57. The summed E-state index contributed by atoms with van der Waals surface area (Å²) in [5.41, 5.74) is 1.06. The minimum atomic E-state index is -0.0470. The van der Waals surface area contributed by atoms with Gasteiger partial charge in [-0.2, -0.15) is 0 Å². The number of hydrogen-bond acceptors (Lipinski definition) is 4. The van der Waals surface area contributed by atoms with Crippen LogP contribution in [0.4, 0.5) is 5.69 Å². The molecule has 1 saturated heterocycles. The van der Waals surface area contributed by atoms with Crippen molar-refractivity contribution in [1.82, 2.24) is 4.90 Å². The van der Waals surface area contributed by atoms with Crippen molar-refractivity contribution >= 4 is 39.9 Å². The fraction of sp³-hybridized carbons (Fsp3) is 0.200. The van der Waals surface area contributed by atoms with Crippen LogP contribution in [-0.2, 0) is 4.79 Å². The number of nitrogens with zero attached hydrogens (tertiary/aromatic N) is 2. The fourth-order valence-electron chi connectivity index (χ4n) is 1.89. The molecule has 5 heteroatoms. The molecule has 0 unspecified atom stereocenters. The molecule has 1 aromatic carbocycles. The first-order chi connectivity index (χ1) is 9.67. The van der Waals surface area contributed by atoms with Crippen LogP contribution in [0.1, 0.15) is 6.92 Å². The highest BCUT2D eigenvalue weighted by molar-refractivity contribution is 8.26. The van der Waals surface area contributed by atoms with E-state index in [0.717, 1.165) is 12.2 Å². The van der Waals surface area contributed by atoms with E-state index in [1.807, 2.05) is 48.4 Å². The van der Waals surface area contributed by atoms with E-state index < -0.39 is 0 Å². The summed E-state index contributed by atoms with van der Waals surface area (Å²) < 4.78 is 0.588. The van der Waals surface area contributed by atoms with Gasteiger partial charge in [-0.1, -0.05) is 48.3 Å². The van der Waals surface area contributed by atoms with E-state index in [1.165, 1.54) is 11.8 Å². The molecule has 3 nitrogen and oxygen atoms in total. The number of anilines is 1. The zero-order chi connectivity index (χ0) is 14.5. The molecule has 1 fully saturated rings. The van der Waals surface area contributed by atoms with Crippen LogP contribution in [-0.4, -0.2) is 28.2 Å². The van der Waals surface area contributed by atoms with Crippen LogP contribution in [0, 0.1) is 0 Å². The smallest absolute Gasteiger partial charge is 0.267 e. The maximum atomic E-state index is 12.3. The van der Waals surface area contributed by atoms with Gasteiger partial charge in [0.05, 0.1) is 4.91 Å². The Hall–Kier alpha value is -1.59.